The van der Waals surface area contributed by atoms with Crippen LogP contribution in [0.4, 0.5) is 4.79 Å². The fraction of sp³-hybridized carbons (Fsp3) is 0.316. The van der Waals surface area contributed by atoms with Crippen molar-refractivity contribution < 1.29 is 4.79 Å². The van der Waals surface area contributed by atoms with Gasteiger partial charge in [0.2, 0.25) is 0 Å². The molecule has 6 heteroatoms. The maximum absolute atomic E-state index is 12.6. The minimum atomic E-state index is -0.104. The molecule has 0 fully saturated rings. The number of hydrogen-bond acceptors (Lipinski definition) is 3. The first-order valence-electron chi connectivity index (χ1n) is 8.48. The number of urea groups is 1. The van der Waals surface area contributed by atoms with Gasteiger partial charge in [0.25, 0.3) is 0 Å². The molecule has 0 saturated carbocycles. The molecule has 6 nitrogen and oxygen atoms in total. The van der Waals surface area contributed by atoms with E-state index >= 15 is 0 Å². The molecule has 0 aliphatic carbocycles. The van der Waals surface area contributed by atoms with Gasteiger partial charge in [0.05, 0.1) is 18.3 Å². The highest BCUT2D eigenvalue weighted by atomic mass is 16.2. The Balaban J connectivity index is 1.68. The van der Waals surface area contributed by atoms with Crippen LogP contribution in [0.1, 0.15) is 36.8 Å². The number of pyridine rings is 2. The summed E-state index contributed by atoms with van der Waals surface area (Å²) in [6.45, 7) is 7.03. The number of nitrogens with zero attached hydrogens (tertiary/aromatic N) is 4. The highest BCUT2D eigenvalue weighted by molar-refractivity contribution is 5.74. The number of nitrogens with one attached hydrogen (secondary N) is 1. The second-order valence-electron chi connectivity index (χ2n) is 6.03. The Morgan fingerprint density at radius 1 is 1.32 bits per heavy atom. The SMILES string of the molecule is CCN(C(=O)NCc1cn2c(C)cccc2n1)[C@H](C)c1cccnc1. The molecule has 0 aliphatic heterocycles. The highest BCUT2D eigenvalue weighted by Crippen LogP contribution is 2.19. The molecule has 0 aliphatic rings. The van der Waals surface area contributed by atoms with E-state index in [1.54, 1.807) is 17.3 Å². The van der Waals surface area contributed by atoms with Gasteiger partial charge in [0.1, 0.15) is 5.65 Å². The Morgan fingerprint density at radius 2 is 2.16 bits per heavy atom. The molecule has 3 aromatic heterocycles. The molecular formula is C19H23N5O. The number of carbonyl (C=O) groups excluding carboxylic acids is 1. The van der Waals surface area contributed by atoms with Crippen LogP contribution in [0.2, 0.25) is 0 Å². The first-order chi connectivity index (χ1) is 12.1. The Morgan fingerprint density at radius 3 is 2.84 bits per heavy atom. The Hall–Kier alpha value is -2.89. The third-order valence-electron chi connectivity index (χ3n) is 4.40. The second-order valence-corrected chi connectivity index (χ2v) is 6.03. The van der Waals surface area contributed by atoms with Crippen molar-refractivity contribution in [1.29, 1.82) is 0 Å². The number of aromatic nitrogens is 3. The first kappa shape index (κ1) is 17.0. The summed E-state index contributed by atoms with van der Waals surface area (Å²) in [7, 11) is 0. The number of amides is 2. The largest absolute Gasteiger partial charge is 0.332 e. The number of imidazole rings is 1. The average Bonchev–Trinajstić information content (AvgIpc) is 3.06. The van der Waals surface area contributed by atoms with Gasteiger partial charge in [-0.1, -0.05) is 12.1 Å². The number of aryl methyl sites for hydroxylation is 1. The predicted octanol–water partition coefficient (Wildman–Crippen LogP) is 3.33. The monoisotopic (exact) mass is 337 g/mol. The van der Waals surface area contributed by atoms with Crippen molar-refractivity contribution >= 4 is 11.7 Å². The molecule has 3 heterocycles. The van der Waals surface area contributed by atoms with Crippen molar-refractivity contribution in [3.8, 4) is 0 Å². The van der Waals surface area contributed by atoms with E-state index in [-0.39, 0.29) is 12.1 Å². The molecule has 1 atom stereocenters. The third-order valence-corrected chi connectivity index (χ3v) is 4.40. The fourth-order valence-electron chi connectivity index (χ4n) is 2.95. The van der Waals surface area contributed by atoms with Gasteiger partial charge < -0.3 is 14.6 Å². The van der Waals surface area contributed by atoms with Gasteiger partial charge in [-0.15, -0.1) is 0 Å². The van der Waals surface area contributed by atoms with E-state index in [1.807, 2.05) is 61.7 Å². The Kier molecular flexibility index (Phi) is 4.97. The van der Waals surface area contributed by atoms with Crippen molar-refractivity contribution in [1.82, 2.24) is 24.6 Å². The standard InChI is InChI=1S/C19H23N5O/c1-4-23(15(3)16-8-6-10-20-11-16)19(25)21-12-17-13-24-14(2)7-5-9-18(24)22-17/h5-11,13,15H,4,12H2,1-3H3,(H,21,25)/t15-/m1/s1. The predicted molar refractivity (Wildman–Crippen MR) is 97.2 cm³/mol. The Labute approximate surface area is 147 Å². The molecular weight excluding hydrogens is 314 g/mol. The lowest BCUT2D eigenvalue weighted by atomic mass is 10.1. The zero-order valence-electron chi connectivity index (χ0n) is 14.8. The van der Waals surface area contributed by atoms with E-state index in [0.717, 1.165) is 22.6 Å². The van der Waals surface area contributed by atoms with E-state index < -0.39 is 0 Å². The van der Waals surface area contributed by atoms with Crippen LogP contribution in [0.15, 0.2) is 48.9 Å². The molecule has 0 aromatic carbocycles. The van der Waals surface area contributed by atoms with Gasteiger partial charge in [-0.25, -0.2) is 9.78 Å². The van der Waals surface area contributed by atoms with E-state index in [4.69, 9.17) is 0 Å². The van der Waals surface area contributed by atoms with E-state index in [1.165, 1.54) is 0 Å². The summed E-state index contributed by atoms with van der Waals surface area (Å²) in [4.78, 5) is 23.1. The van der Waals surface area contributed by atoms with Crippen LogP contribution in [0.3, 0.4) is 0 Å². The smallest absolute Gasteiger partial charge is 0.318 e. The molecule has 0 bridgehead atoms. The van der Waals surface area contributed by atoms with Crippen molar-refractivity contribution in [2.75, 3.05) is 6.54 Å². The van der Waals surface area contributed by atoms with Gasteiger partial charge in [-0.05, 0) is 44.5 Å². The molecule has 130 valence electrons. The van der Waals surface area contributed by atoms with Gasteiger partial charge in [0, 0.05) is 30.8 Å². The Bertz CT molecular complexity index is 859. The number of fused-ring (bicyclic) bond motifs is 1. The molecule has 0 unspecified atom stereocenters. The molecule has 1 N–H and O–H groups in total. The van der Waals surface area contributed by atoms with Gasteiger partial charge in [0.15, 0.2) is 0 Å². The normalized spacial score (nSPS) is 12.1. The summed E-state index contributed by atoms with van der Waals surface area (Å²) < 4.78 is 2.03. The molecule has 3 aromatic rings. The van der Waals surface area contributed by atoms with E-state index in [9.17, 15) is 4.79 Å². The van der Waals surface area contributed by atoms with Crippen molar-refractivity contribution in [2.24, 2.45) is 0 Å². The summed E-state index contributed by atoms with van der Waals surface area (Å²) in [6.07, 6.45) is 5.50. The summed E-state index contributed by atoms with van der Waals surface area (Å²) in [5.74, 6) is 0. The molecule has 25 heavy (non-hydrogen) atoms. The van der Waals surface area contributed by atoms with Crippen LogP contribution in [0.25, 0.3) is 5.65 Å². The minimum Gasteiger partial charge on any atom is -0.332 e. The second kappa shape index (κ2) is 7.34. The number of rotatable bonds is 5. The lowest BCUT2D eigenvalue weighted by molar-refractivity contribution is 0.182. The van der Waals surface area contributed by atoms with Gasteiger partial charge in [-0.2, -0.15) is 0 Å². The van der Waals surface area contributed by atoms with Gasteiger partial charge in [-0.3, -0.25) is 4.98 Å². The third kappa shape index (κ3) is 3.63. The summed E-state index contributed by atoms with van der Waals surface area (Å²) in [5.41, 5.74) is 3.86. The van der Waals surface area contributed by atoms with E-state index in [2.05, 4.69) is 15.3 Å². The van der Waals surface area contributed by atoms with Gasteiger partial charge >= 0.3 is 6.03 Å². The highest BCUT2D eigenvalue weighted by Gasteiger charge is 2.20. The van der Waals surface area contributed by atoms with Crippen LogP contribution in [-0.4, -0.2) is 31.8 Å². The first-order valence-corrected chi connectivity index (χ1v) is 8.48. The van der Waals surface area contributed by atoms with Crippen molar-refractivity contribution in [2.45, 2.75) is 33.4 Å². The number of hydrogen-bond donors (Lipinski definition) is 1. The number of carbonyl (C=O) groups is 1. The molecule has 3 rings (SSSR count). The van der Waals surface area contributed by atoms with Crippen molar-refractivity contribution in [3.63, 3.8) is 0 Å². The lowest BCUT2D eigenvalue weighted by Gasteiger charge is -2.28. The maximum atomic E-state index is 12.6. The topological polar surface area (TPSA) is 62.5 Å². The summed E-state index contributed by atoms with van der Waals surface area (Å²) in [5, 5.41) is 2.97. The zero-order valence-corrected chi connectivity index (χ0v) is 14.8. The van der Waals surface area contributed by atoms with Crippen LogP contribution in [0.5, 0.6) is 0 Å². The average molecular weight is 337 g/mol. The molecule has 0 spiro atoms. The van der Waals surface area contributed by atoms with Crippen LogP contribution in [-0.2, 0) is 6.54 Å². The fourth-order valence-corrected chi connectivity index (χ4v) is 2.95. The maximum Gasteiger partial charge on any atom is 0.318 e. The molecule has 0 radical (unpaired) electrons. The molecule has 0 saturated heterocycles. The summed E-state index contributed by atoms with van der Waals surface area (Å²) >= 11 is 0. The zero-order chi connectivity index (χ0) is 17.8. The molecule has 2 amide bonds. The quantitative estimate of drug-likeness (QED) is 0.777. The van der Waals surface area contributed by atoms with Crippen LogP contribution < -0.4 is 5.32 Å². The minimum absolute atomic E-state index is 0.0398. The van der Waals surface area contributed by atoms with E-state index in [0.29, 0.717) is 13.1 Å². The van der Waals surface area contributed by atoms with Crippen LogP contribution in [0, 0.1) is 6.92 Å². The van der Waals surface area contributed by atoms with Crippen molar-refractivity contribution in [3.05, 3.63) is 65.9 Å². The summed E-state index contributed by atoms with van der Waals surface area (Å²) in [6, 6.07) is 9.70. The lowest BCUT2D eigenvalue weighted by Crippen LogP contribution is -2.41. The van der Waals surface area contributed by atoms with Crippen LogP contribution >= 0.6 is 0 Å².